The van der Waals surface area contributed by atoms with Gasteiger partial charge in [0.15, 0.2) is 6.10 Å². The second kappa shape index (κ2) is 14.5. The van der Waals surface area contributed by atoms with Gasteiger partial charge < -0.3 is 29.0 Å². The highest BCUT2D eigenvalue weighted by Gasteiger charge is 2.74. The van der Waals surface area contributed by atoms with Gasteiger partial charge in [-0.1, -0.05) is 23.7 Å². The summed E-state index contributed by atoms with van der Waals surface area (Å²) in [5.74, 6) is -7.38. The fourth-order valence-electron chi connectivity index (χ4n) is 3.13. The zero-order valence-corrected chi connectivity index (χ0v) is 22.1. The lowest BCUT2D eigenvalue weighted by atomic mass is 10.1. The number of amides is 1. The zero-order valence-electron chi connectivity index (χ0n) is 21.3. The van der Waals surface area contributed by atoms with Crippen molar-refractivity contribution in [3.8, 4) is 11.5 Å². The smallest absolute Gasteiger partial charge is 0.462 e. The van der Waals surface area contributed by atoms with Gasteiger partial charge in [0, 0.05) is 24.6 Å². The largest absolute Gasteiger partial charge is 0.492 e. The first-order valence-corrected chi connectivity index (χ1v) is 12.2. The lowest BCUT2D eigenvalue weighted by Gasteiger charge is -2.28. The summed E-state index contributed by atoms with van der Waals surface area (Å²) in [6.07, 6.45) is -14.6. The molecular weight excluding hydrogens is 595 g/mol. The number of carbonyl (C=O) groups excluding carboxylic acids is 1. The van der Waals surface area contributed by atoms with E-state index in [4.69, 9.17) is 25.8 Å². The molecule has 1 N–H and O–H groups in total. The Morgan fingerprint density at radius 1 is 0.902 bits per heavy atom. The molecule has 0 aliphatic heterocycles. The first-order valence-electron chi connectivity index (χ1n) is 11.8. The Morgan fingerprint density at radius 3 is 2.00 bits per heavy atom. The molecular formula is C25H25ClF7NO7. The molecule has 41 heavy (non-hydrogen) atoms. The predicted molar refractivity (Wildman–Crippen MR) is 130 cm³/mol. The van der Waals surface area contributed by atoms with Crippen molar-refractivity contribution in [2.75, 3.05) is 32.9 Å². The van der Waals surface area contributed by atoms with Crippen molar-refractivity contribution in [2.24, 2.45) is 0 Å². The molecule has 8 nitrogen and oxygen atoms in total. The molecule has 0 spiro atoms. The molecule has 16 heteroatoms. The van der Waals surface area contributed by atoms with E-state index in [0.29, 0.717) is 15.5 Å². The number of carbonyl (C=O) groups is 2. The van der Waals surface area contributed by atoms with Crippen LogP contribution in [0.25, 0.3) is 0 Å². The van der Waals surface area contributed by atoms with Crippen LogP contribution in [0.4, 0.5) is 35.5 Å². The average Bonchev–Trinajstić information content (AvgIpc) is 2.88. The SMILES string of the molecule is CCOC(Cc1ccc(OCCN(CCOC(F)(F)C(F)(F)C(F)(F)F)C(=O)Oc2ccc(Cl)cc2)cc1)C(=O)O. The number of benzene rings is 2. The van der Waals surface area contributed by atoms with Crippen molar-refractivity contribution in [3.63, 3.8) is 0 Å². The highest BCUT2D eigenvalue weighted by atomic mass is 35.5. The van der Waals surface area contributed by atoms with Crippen molar-refractivity contribution < 1.29 is 64.4 Å². The molecule has 2 rings (SSSR count). The molecule has 0 bridgehead atoms. The van der Waals surface area contributed by atoms with Crippen LogP contribution in [-0.4, -0.2) is 79.3 Å². The van der Waals surface area contributed by atoms with Crippen molar-refractivity contribution in [1.82, 2.24) is 4.90 Å². The molecule has 1 atom stereocenters. The molecule has 1 amide bonds. The monoisotopic (exact) mass is 619 g/mol. The number of hydrogen-bond acceptors (Lipinski definition) is 6. The Labute approximate surface area is 234 Å². The third-order valence-corrected chi connectivity index (χ3v) is 5.51. The summed E-state index contributed by atoms with van der Waals surface area (Å²) >= 11 is 5.75. The van der Waals surface area contributed by atoms with Gasteiger partial charge in [0.25, 0.3) is 0 Å². The summed E-state index contributed by atoms with van der Waals surface area (Å²) in [6, 6.07) is 11.4. The number of halogens is 8. The molecule has 0 saturated heterocycles. The summed E-state index contributed by atoms with van der Waals surface area (Å²) in [7, 11) is 0. The molecule has 2 aromatic carbocycles. The molecule has 0 heterocycles. The molecule has 228 valence electrons. The second-order valence-electron chi connectivity index (χ2n) is 8.23. The Kier molecular flexibility index (Phi) is 12.0. The van der Waals surface area contributed by atoms with E-state index >= 15 is 0 Å². The van der Waals surface area contributed by atoms with Gasteiger partial charge in [-0.05, 0) is 48.9 Å². The number of carboxylic acids is 1. The van der Waals surface area contributed by atoms with Crippen LogP contribution in [-0.2, 0) is 20.7 Å². The fourth-order valence-corrected chi connectivity index (χ4v) is 3.26. The minimum atomic E-state index is -6.58. The van der Waals surface area contributed by atoms with E-state index in [1.54, 1.807) is 19.1 Å². The molecule has 0 fully saturated rings. The fraction of sp³-hybridized carbons (Fsp3) is 0.440. The van der Waals surface area contributed by atoms with Crippen molar-refractivity contribution in [2.45, 2.75) is 37.7 Å². The minimum absolute atomic E-state index is 0.0255. The Bertz CT molecular complexity index is 1130. The molecule has 2 aromatic rings. The summed E-state index contributed by atoms with van der Waals surface area (Å²) in [6.45, 7) is -1.11. The number of nitrogens with zero attached hydrogens (tertiary/aromatic N) is 1. The van der Waals surface area contributed by atoms with E-state index in [9.17, 15) is 45.4 Å². The first-order chi connectivity index (χ1) is 19.1. The Morgan fingerprint density at radius 2 is 1.46 bits per heavy atom. The maximum Gasteiger partial charge on any atom is 0.462 e. The van der Waals surface area contributed by atoms with Gasteiger partial charge >= 0.3 is 30.3 Å². The highest BCUT2D eigenvalue weighted by Crippen LogP contribution is 2.46. The number of rotatable bonds is 15. The van der Waals surface area contributed by atoms with E-state index in [1.165, 1.54) is 36.4 Å². The summed E-state index contributed by atoms with van der Waals surface area (Å²) in [5.41, 5.74) is 0.611. The van der Waals surface area contributed by atoms with E-state index in [2.05, 4.69) is 4.74 Å². The van der Waals surface area contributed by atoms with E-state index in [0.717, 1.165) is 0 Å². The van der Waals surface area contributed by atoms with Crippen LogP contribution < -0.4 is 9.47 Å². The van der Waals surface area contributed by atoms with E-state index in [-0.39, 0.29) is 37.7 Å². The van der Waals surface area contributed by atoms with Crippen molar-refractivity contribution in [3.05, 3.63) is 59.1 Å². The number of carboxylic acid groups (broad SMARTS) is 1. The quantitative estimate of drug-likeness (QED) is 0.242. The first kappa shape index (κ1) is 33.9. The maximum atomic E-state index is 13.5. The molecule has 0 aliphatic rings. The van der Waals surface area contributed by atoms with Gasteiger partial charge in [-0.3, -0.25) is 0 Å². The van der Waals surface area contributed by atoms with Crippen molar-refractivity contribution >= 4 is 23.7 Å². The van der Waals surface area contributed by atoms with Gasteiger partial charge in [-0.15, -0.1) is 0 Å². The lowest BCUT2D eigenvalue weighted by Crippen LogP contribution is -2.54. The Balaban J connectivity index is 2.04. The molecule has 0 aromatic heterocycles. The third-order valence-electron chi connectivity index (χ3n) is 5.26. The normalized spacial score (nSPS) is 13.0. The standard InChI is InChI=1S/C25H25ClF7NO7/c1-2-38-20(21(35)36)15-16-3-7-18(8-4-16)39-13-11-34(22(37)41-19-9-5-17(26)6-10-19)12-14-40-25(32,33)23(27,28)24(29,30)31/h3-10,20H,2,11-15H2,1H3,(H,35,36). The maximum absolute atomic E-state index is 13.5. The van der Waals surface area contributed by atoms with Crippen LogP contribution in [0.15, 0.2) is 48.5 Å². The van der Waals surface area contributed by atoms with E-state index in [1.807, 2.05) is 0 Å². The van der Waals surface area contributed by atoms with E-state index < -0.39 is 49.5 Å². The zero-order chi connectivity index (χ0) is 30.8. The van der Waals surface area contributed by atoms with Crippen molar-refractivity contribution in [1.29, 1.82) is 0 Å². The third kappa shape index (κ3) is 9.93. The summed E-state index contributed by atoms with van der Waals surface area (Å²) in [5, 5.41) is 9.49. The second-order valence-corrected chi connectivity index (χ2v) is 8.66. The van der Waals surface area contributed by atoms with Crippen LogP contribution in [0, 0.1) is 0 Å². The average molecular weight is 620 g/mol. The topological polar surface area (TPSA) is 94.5 Å². The summed E-state index contributed by atoms with van der Waals surface area (Å²) < 4.78 is 110. The molecule has 0 radical (unpaired) electrons. The molecule has 0 saturated carbocycles. The van der Waals surface area contributed by atoms with Crippen LogP contribution in [0.2, 0.25) is 5.02 Å². The van der Waals surface area contributed by atoms with Crippen LogP contribution >= 0.6 is 11.6 Å². The Hall–Kier alpha value is -3.30. The van der Waals surface area contributed by atoms with Gasteiger partial charge in [0.1, 0.15) is 18.1 Å². The van der Waals surface area contributed by atoms with Gasteiger partial charge in [-0.2, -0.15) is 30.7 Å². The number of ether oxygens (including phenoxy) is 4. The van der Waals surface area contributed by atoms with Crippen LogP contribution in [0.5, 0.6) is 11.5 Å². The minimum Gasteiger partial charge on any atom is -0.492 e. The number of hydrogen-bond donors (Lipinski definition) is 1. The lowest BCUT2D eigenvalue weighted by molar-refractivity contribution is -0.423. The summed E-state index contributed by atoms with van der Waals surface area (Å²) in [4.78, 5) is 24.5. The molecule has 0 aliphatic carbocycles. The van der Waals surface area contributed by atoms with Gasteiger partial charge in [0.2, 0.25) is 0 Å². The number of aliphatic carboxylic acids is 1. The van der Waals surface area contributed by atoms with Crippen LogP contribution in [0.1, 0.15) is 12.5 Å². The van der Waals surface area contributed by atoms with Crippen LogP contribution in [0.3, 0.4) is 0 Å². The molecule has 1 unspecified atom stereocenters. The number of alkyl halides is 7. The predicted octanol–water partition coefficient (Wildman–Crippen LogP) is 6.06. The highest BCUT2D eigenvalue weighted by molar-refractivity contribution is 6.30. The van der Waals surface area contributed by atoms with Gasteiger partial charge in [0.05, 0.1) is 13.2 Å². The van der Waals surface area contributed by atoms with Gasteiger partial charge in [-0.25, -0.2) is 9.59 Å².